The van der Waals surface area contributed by atoms with Crippen molar-refractivity contribution in [2.24, 2.45) is 18.9 Å². The van der Waals surface area contributed by atoms with Gasteiger partial charge in [0.1, 0.15) is 11.6 Å². The van der Waals surface area contributed by atoms with Crippen LogP contribution in [-0.2, 0) is 27.8 Å². The maximum absolute atomic E-state index is 13.7. The van der Waals surface area contributed by atoms with E-state index in [0.717, 1.165) is 46.1 Å². The average molecular weight is 678 g/mol. The summed E-state index contributed by atoms with van der Waals surface area (Å²) in [5.74, 6) is 0.0352. The highest BCUT2D eigenvalue weighted by Crippen LogP contribution is 2.29. The number of anilines is 1. The number of nitrogens with zero attached hydrogens (tertiary/aromatic N) is 5. The smallest absolute Gasteiger partial charge is 0.407 e. The van der Waals surface area contributed by atoms with Crippen molar-refractivity contribution in [2.45, 2.75) is 64.5 Å². The summed E-state index contributed by atoms with van der Waals surface area (Å²) in [6.45, 7) is 6.00. The van der Waals surface area contributed by atoms with Crippen LogP contribution >= 0.6 is 0 Å². The highest BCUT2D eigenvalue weighted by atomic mass is 16.6. The topological polar surface area (TPSA) is 169 Å². The molecule has 1 aliphatic rings. The van der Waals surface area contributed by atoms with Crippen molar-refractivity contribution in [1.82, 2.24) is 40.8 Å². The second-order valence-electron chi connectivity index (χ2n) is 13.9. The minimum absolute atomic E-state index is 0.142. The van der Waals surface area contributed by atoms with Gasteiger partial charge in [0.2, 0.25) is 17.6 Å². The molecule has 260 valence electrons. The first-order valence-electron chi connectivity index (χ1n) is 16.9. The number of H-pyrrole nitrogens is 1. The molecule has 1 saturated carbocycles. The van der Waals surface area contributed by atoms with Crippen LogP contribution in [0.25, 0.3) is 33.5 Å². The number of hydrogen-bond acceptors (Lipinski definition) is 8. The predicted molar refractivity (Wildman–Crippen MR) is 190 cm³/mol. The summed E-state index contributed by atoms with van der Waals surface area (Å²) in [5.41, 5.74) is 5.76. The molecule has 13 nitrogen and oxygen atoms in total. The van der Waals surface area contributed by atoms with E-state index >= 15 is 0 Å². The molecular weight excluding hydrogens is 634 g/mol. The standard InChI is InChI=1S/C37H43N9O4/c1-37(2,3)50-36(49)38-21-24-7-11-27(12-8-24)34(47)41-31(35(48)40-29-16-13-26(14-17-29)33-42-44-45-43-33)19-23-5-9-25(10-6-23)28-15-18-32-30(20-28)39-22-46(32)4/h5-6,9-10,13-18,20,22,24,27,31H,7-8,11-12,19,21H2,1-4H3,(H,38,49)(H,40,48)(H,41,47)(H,42,43,44,45). The number of rotatable bonds is 10. The Balaban J connectivity index is 1.11. The summed E-state index contributed by atoms with van der Waals surface area (Å²) in [6.07, 6.45) is 4.62. The zero-order valence-corrected chi connectivity index (χ0v) is 28.8. The predicted octanol–water partition coefficient (Wildman–Crippen LogP) is 5.42. The summed E-state index contributed by atoms with van der Waals surface area (Å²) in [6, 6.07) is 20.6. The number of fused-ring (bicyclic) bond motifs is 1. The van der Waals surface area contributed by atoms with Gasteiger partial charge >= 0.3 is 6.09 Å². The highest BCUT2D eigenvalue weighted by molar-refractivity contribution is 5.97. The van der Waals surface area contributed by atoms with Gasteiger partial charge in [-0.2, -0.15) is 5.21 Å². The summed E-state index contributed by atoms with van der Waals surface area (Å²) in [5, 5.41) is 22.9. The van der Waals surface area contributed by atoms with E-state index in [1.807, 2.05) is 56.7 Å². The Morgan fingerprint density at radius 1 is 0.940 bits per heavy atom. The van der Waals surface area contributed by atoms with E-state index in [0.29, 0.717) is 37.3 Å². The zero-order valence-electron chi connectivity index (χ0n) is 28.8. The second kappa shape index (κ2) is 14.9. The molecule has 13 heteroatoms. The van der Waals surface area contributed by atoms with E-state index in [4.69, 9.17) is 4.74 Å². The molecular formula is C37H43N9O4. The van der Waals surface area contributed by atoms with Gasteiger partial charge in [-0.25, -0.2) is 9.78 Å². The first-order valence-corrected chi connectivity index (χ1v) is 16.9. The van der Waals surface area contributed by atoms with E-state index < -0.39 is 17.7 Å². The monoisotopic (exact) mass is 677 g/mol. The first kappa shape index (κ1) is 34.3. The van der Waals surface area contributed by atoms with Crippen LogP contribution in [-0.4, -0.2) is 66.3 Å². The van der Waals surface area contributed by atoms with Crippen molar-refractivity contribution in [3.63, 3.8) is 0 Å². The van der Waals surface area contributed by atoms with E-state index in [-0.39, 0.29) is 23.7 Å². The molecule has 50 heavy (non-hydrogen) atoms. The van der Waals surface area contributed by atoms with E-state index in [2.05, 4.69) is 59.8 Å². The number of nitrogens with one attached hydrogen (secondary N) is 4. The minimum Gasteiger partial charge on any atom is -0.444 e. The Bertz CT molecular complexity index is 1920. The van der Waals surface area contributed by atoms with Crippen molar-refractivity contribution in [3.05, 3.63) is 78.6 Å². The number of carbonyl (C=O) groups is 3. The molecule has 0 spiro atoms. The number of amides is 3. The molecule has 1 atom stereocenters. The van der Waals surface area contributed by atoms with Crippen molar-refractivity contribution in [1.29, 1.82) is 0 Å². The lowest BCUT2D eigenvalue weighted by molar-refractivity contribution is -0.130. The number of aromatic amines is 1. The molecule has 5 aromatic rings. The molecule has 3 aromatic carbocycles. The molecule has 4 N–H and O–H groups in total. The van der Waals surface area contributed by atoms with Gasteiger partial charge in [-0.1, -0.05) is 30.3 Å². The number of carbonyl (C=O) groups excluding carboxylic acids is 3. The number of ether oxygens (including phenoxy) is 1. The molecule has 1 aliphatic carbocycles. The Morgan fingerprint density at radius 2 is 1.64 bits per heavy atom. The van der Waals surface area contributed by atoms with Gasteiger partial charge in [0.25, 0.3) is 0 Å². The molecule has 2 heterocycles. The average Bonchev–Trinajstić information content (AvgIpc) is 3.77. The zero-order chi connectivity index (χ0) is 35.3. The van der Waals surface area contributed by atoms with Gasteiger partial charge < -0.3 is 25.3 Å². The normalized spacial score (nSPS) is 16.8. The van der Waals surface area contributed by atoms with Gasteiger partial charge in [-0.3, -0.25) is 9.59 Å². The van der Waals surface area contributed by atoms with Gasteiger partial charge in [0.15, 0.2) is 0 Å². The lowest BCUT2D eigenvalue weighted by Gasteiger charge is -2.29. The van der Waals surface area contributed by atoms with Gasteiger partial charge in [0.05, 0.1) is 17.4 Å². The van der Waals surface area contributed by atoms with Crippen LogP contribution in [0.2, 0.25) is 0 Å². The van der Waals surface area contributed by atoms with Crippen LogP contribution in [0.5, 0.6) is 0 Å². The third-order valence-electron chi connectivity index (χ3n) is 8.99. The maximum Gasteiger partial charge on any atom is 0.407 e. The molecule has 2 aromatic heterocycles. The Labute approximate surface area is 290 Å². The van der Waals surface area contributed by atoms with Crippen LogP contribution in [0.4, 0.5) is 10.5 Å². The molecule has 0 radical (unpaired) electrons. The molecule has 6 rings (SSSR count). The molecule has 1 unspecified atom stereocenters. The number of aryl methyl sites for hydroxylation is 1. The maximum atomic E-state index is 13.7. The molecule has 0 saturated heterocycles. The number of aromatic nitrogens is 6. The van der Waals surface area contributed by atoms with Crippen molar-refractivity contribution in [3.8, 4) is 22.5 Å². The van der Waals surface area contributed by atoms with Gasteiger partial charge in [0, 0.05) is 37.2 Å². The van der Waals surface area contributed by atoms with E-state index in [1.54, 1.807) is 30.6 Å². The quantitative estimate of drug-likeness (QED) is 0.152. The highest BCUT2D eigenvalue weighted by Gasteiger charge is 2.30. The fourth-order valence-corrected chi connectivity index (χ4v) is 6.27. The molecule has 3 amide bonds. The number of benzene rings is 3. The number of hydrogen-bond donors (Lipinski definition) is 4. The summed E-state index contributed by atoms with van der Waals surface area (Å²) < 4.78 is 7.33. The van der Waals surface area contributed by atoms with Crippen molar-refractivity contribution >= 4 is 34.6 Å². The lowest BCUT2D eigenvalue weighted by atomic mass is 9.81. The number of tetrazole rings is 1. The van der Waals surface area contributed by atoms with Crippen LogP contribution in [0, 0.1) is 11.8 Å². The Morgan fingerprint density at radius 3 is 2.32 bits per heavy atom. The van der Waals surface area contributed by atoms with Crippen LogP contribution in [0.1, 0.15) is 52.0 Å². The first-order chi connectivity index (χ1) is 24.0. The number of imidazole rings is 1. The molecule has 1 fully saturated rings. The van der Waals surface area contributed by atoms with Crippen molar-refractivity contribution < 1.29 is 19.1 Å². The largest absolute Gasteiger partial charge is 0.444 e. The Kier molecular flexibility index (Phi) is 10.2. The summed E-state index contributed by atoms with van der Waals surface area (Å²) in [4.78, 5) is 43.9. The number of alkyl carbamates (subject to hydrolysis) is 1. The van der Waals surface area contributed by atoms with E-state index in [9.17, 15) is 14.4 Å². The fraction of sp³-hybridized carbons (Fsp3) is 0.378. The third kappa shape index (κ3) is 8.70. The third-order valence-corrected chi connectivity index (χ3v) is 8.99. The van der Waals surface area contributed by atoms with Crippen molar-refractivity contribution in [2.75, 3.05) is 11.9 Å². The molecule has 0 bridgehead atoms. The van der Waals surface area contributed by atoms with E-state index in [1.165, 1.54) is 0 Å². The SMILES string of the molecule is Cn1cnc2cc(-c3ccc(CC(NC(=O)C4CCC(CNC(=O)OC(C)(C)C)CC4)C(=O)Nc4ccc(-c5nn[nH]n5)cc4)cc3)ccc21. The van der Waals surface area contributed by atoms with Gasteiger partial charge in [-0.15, -0.1) is 10.2 Å². The van der Waals surface area contributed by atoms with Crippen LogP contribution in [0.15, 0.2) is 73.1 Å². The van der Waals surface area contributed by atoms with Crippen LogP contribution < -0.4 is 16.0 Å². The minimum atomic E-state index is -0.804. The second-order valence-corrected chi connectivity index (χ2v) is 13.9. The lowest BCUT2D eigenvalue weighted by Crippen LogP contribution is -2.48. The summed E-state index contributed by atoms with van der Waals surface area (Å²) >= 11 is 0. The van der Waals surface area contributed by atoms with Crippen LogP contribution in [0.3, 0.4) is 0 Å². The van der Waals surface area contributed by atoms with Gasteiger partial charge in [-0.05, 0) is 111 Å². The Hall–Kier alpha value is -5.59. The molecule has 0 aliphatic heterocycles. The summed E-state index contributed by atoms with van der Waals surface area (Å²) in [7, 11) is 1.97. The fourth-order valence-electron chi connectivity index (χ4n) is 6.27.